The lowest BCUT2D eigenvalue weighted by Crippen LogP contribution is -2.42. The van der Waals surface area contributed by atoms with E-state index in [4.69, 9.17) is 4.42 Å². The first-order valence-corrected chi connectivity index (χ1v) is 6.76. The van der Waals surface area contributed by atoms with E-state index in [1.54, 1.807) is 12.3 Å². The average Bonchev–Trinajstić information content (AvgIpc) is 2.74. The Hall–Kier alpha value is -1.29. The van der Waals surface area contributed by atoms with Crippen molar-refractivity contribution in [3.8, 4) is 0 Å². The topological polar surface area (TPSA) is 53.7 Å². The minimum Gasteiger partial charge on any atom is -0.469 e. The Morgan fingerprint density at radius 1 is 1.50 bits per heavy atom. The molecule has 0 spiro atoms. The molecule has 1 aromatic rings. The van der Waals surface area contributed by atoms with Crippen molar-refractivity contribution in [3.05, 3.63) is 23.7 Å². The molecular weight excluding hydrogens is 230 g/mol. The normalized spacial score (nSPS) is 20.8. The molecular formula is C14H21NO3. The van der Waals surface area contributed by atoms with Crippen LogP contribution in [0.5, 0.6) is 0 Å². The zero-order chi connectivity index (χ0) is 13.0. The van der Waals surface area contributed by atoms with Crippen LogP contribution in [-0.2, 0) is 6.42 Å². The Labute approximate surface area is 108 Å². The van der Waals surface area contributed by atoms with Crippen LogP contribution in [0.15, 0.2) is 16.7 Å². The van der Waals surface area contributed by atoms with E-state index in [0.717, 1.165) is 38.0 Å². The number of furan rings is 1. The van der Waals surface area contributed by atoms with Crippen molar-refractivity contribution in [2.45, 2.75) is 45.1 Å². The number of nitrogens with zero attached hydrogens (tertiary/aromatic N) is 1. The van der Waals surface area contributed by atoms with Crippen LogP contribution in [0.4, 0.5) is 0 Å². The zero-order valence-corrected chi connectivity index (χ0v) is 10.9. The summed E-state index contributed by atoms with van der Waals surface area (Å²) in [5.74, 6) is 0.738. The molecule has 0 aromatic carbocycles. The van der Waals surface area contributed by atoms with Crippen molar-refractivity contribution < 1.29 is 14.3 Å². The Bertz CT molecular complexity index is 399. The van der Waals surface area contributed by atoms with Gasteiger partial charge in [-0.1, -0.05) is 19.8 Å². The van der Waals surface area contributed by atoms with Gasteiger partial charge in [-0.05, 0) is 18.9 Å². The fourth-order valence-electron chi connectivity index (χ4n) is 2.59. The molecule has 1 aliphatic heterocycles. The van der Waals surface area contributed by atoms with E-state index in [1.165, 1.54) is 0 Å². The molecule has 2 rings (SSSR count). The third-order valence-electron chi connectivity index (χ3n) is 3.65. The summed E-state index contributed by atoms with van der Waals surface area (Å²) >= 11 is 0. The van der Waals surface area contributed by atoms with Gasteiger partial charge in [0.25, 0.3) is 5.91 Å². The monoisotopic (exact) mass is 251 g/mol. The van der Waals surface area contributed by atoms with Crippen molar-refractivity contribution in [3.63, 3.8) is 0 Å². The van der Waals surface area contributed by atoms with Gasteiger partial charge in [-0.3, -0.25) is 4.79 Å². The molecule has 2 heterocycles. The molecule has 4 heteroatoms. The van der Waals surface area contributed by atoms with Crippen LogP contribution >= 0.6 is 0 Å². The molecule has 1 saturated heterocycles. The van der Waals surface area contributed by atoms with Crippen molar-refractivity contribution >= 4 is 5.91 Å². The first-order valence-electron chi connectivity index (χ1n) is 6.76. The van der Waals surface area contributed by atoms with E-state index in [0.29, 0.717) is 12.0 Å². The van der Waals surface area contributed by atoms with Gasteiger partial charge in [0.1, 0.15) is 5.76 Å². The summed E-state index contributed by atoms with van der Waals surface area (Å²) in [5, 5.41) is 9.44. The second-order valence-corrected chi connectivity index (χ2v) is 4.80. The standard InChI is InChI=1S/C14H21NO3/c1-2-13-12(7-9-18-13)14(17)15-8-5-3-4-6-11(15)10-16/h7,9,11,16H,2-6,8,10H2,1H3. The molecule has 1 unspecified atom stereocenters. The second kappa shape index (κ2) is 6.05. The number of aliphatic hydroxyl groups is 1. The summed E-state index contributed by atoms with van der Waals surface area (Å²) in [6, 6.07) is 1.69. The Morgan fingerprint density at radius 2 is 2.33 bits per heavy atom. The smallest absolute Gasteiger partial charge is 0.257 e. The molecule has 0 bridgehead atoms. The molecule has 0 aliphatic carbocycles. The highest BCUT2D eigenvalue weighted by Crippen LogP contribution is 2.21. The van der Waals surface area contributed by atoms with Crippen molar-refractivity contribution in [2.75, 3.05) is 13.2 Å². The predicted octanol–water partition coefficient (Wildman–Crippen LogP) is 2.22. The van der Waals surface area contributed by atoms with Gasteiger partial charge in [0.2, 0.25) is 0 Å². The maximum atomic E-state index is 12.5. The molecule has 4 nitrogen and oxygen atoms in total. The van der Waals surface area contributed by atoms with Gasteiger partial charge in [0.05, 0.1) is 24.5 Å². The van der Waals surface area contributed by atoms with Crippen molar-refractivity contribution in [1.82, 2.24) is 4.90 Å². The summed E-state index contributed by atoms with van der Waals surface area (Å²) < 4.78 is 5.32. The highest BCUT2D eigenvalue weighted by atomic mass is 16.3. The number of hydrogen-bond donors (Lipinski definition) is 1. The van der Waals surface area contributed by atoms with Gasteiger partial charge >= 0.3 is 0 Å². The van der Waals surface area contributed by atoms with Crippen LogP contribution in [0, 0.1) is 0 Å². The maximum Gasteiger partial charge on any atom is 0.257 e. The van der Waals surface area contributed by atoms with Crippen molar-refractivity contribution in [2.24, 2.45) is 0 Å². The fraction of sp³-hybridized carbons (Fsp3) is 0.643. The van der Waals surface area contributed by atoms with E-state index in [-0.39, 0.29) is 18.6 Å². The summed E-state index contributed by atoms with van der Waals surface area (Å²) in [5.41, 5.74) is 0.651. The van der Waals surface area contributed by atoms with Gasteiger partial charge < -0.3 is 14.4 Å². The molecule has 18 heavy (non-hydrogen) atoms. The Balaban J connectivity index is 2.20. The summed E-state index contributed by atoms with van der Waals surface area (Å²) in [6.07, 6.45) is 6.40. The minimum absolute atomic E-state index is 0.00144. The van der Waals surface area contributed by atoms with E-state index in [9.17, 15) is 9.90 Å². The molecule has 1 aliphatic rings. The Kier molecular flexibility index (Phi) is 4.42. The number of amides is 1. The molecule has 100 valence electrons. The van der Waals surface area contributed by atoms with Crippen LogP contribution in [0.1, 0.15) is 48.7 Å². The minimum atomic E-state index is -0.0420. The van der Waals surface area contributed by atoms with E-state index >= 15 is 0 Å². The lowest BCUT2D eigenvalue weighted by atomic mass is 10.1. The highest BCUT2D eigenvalue weighted by Gasteiger charge is 2.27. The molecule has 0 saturated carbocycles. The number of aliphatic hydroxyl groups excluding tert-OH is 1. The van der Waals surface area contributed by atoms with Crippen LogP contribution < -0.4 is 0 Å². The van der Waals surface area contributed by atoms with Gasteiger partial charge in [-0.25, -0.2) is 0 Å². The highest BCUT2D eigenvalue weighted by molar-refractivity contribution is 5.95. The molecule has 1 amide bonds. The van der Waals surface area contributed by atoms with Crippen LogP contribution in [0.25, 0.3) is 0 Å². The number of hydrogen-bond acceptors (Lipinski definition) is 3. The molecule has 1 N–H and O–H groups in total. The zero-order valence-electron chi connectivity index (χ0n) is 10.9. The lowest BCUT2D eigenvalue weighted by molar-refractivity contribution is 0.0597. The summed E-state index contributed by atoms with van der Waals surface area (Å²) in [7, 11) is 0. The van der Waals surface area contributed by atoms with Gasteiger partial charge in [0.15, 0.2) is 0 Å². The molecule has 0 radical (unpaired) electrons. The fourth-order valence-corrected chi connectivity index (χ4v) is 2.59. The third-order valence-corrected chi connectivity index (χ3v) is 3.65. The molecule has 1 atom stereocenters. The number of likely N-dealkylation sites (tertiary alicyclic amines) is 1. The average molecular weight is 251 g/mol. The second-order valence-electron chi connectivity index (χ2n) is 4.80. The third kappa shape index (κ3) is 2.58. The van der Waals surface area contributed by atoms with Crippen LogP contribution in [-0.4, -0.2) is 35.1 Å². The van der Waals surface area contributed by atoms with Crippen molar-refractivity contribution in [1.29, 1.82) is 0 Å². The van der Waals surface area contributed by atoms with Gasteiger partial charge in [0, 0.05) is 13.0 Å². The molecule has 1 fully saturated rings. The maximum absolute atomic E-state index is 12.5. The first-order chi connectivity index (χ1) is 8.77. The summed E-state index contributed by atoms with van der Waals surface area (Å²) in [4.78, 5) is 14.3. The SMILES string of the molecule is CCc1occc1C(=O)N1CCCCCC1CO. The van der Waals surface area contributed by atoms with Crippen LogP contribution in [0.2, 0.25) is 0 Å². The number of aryl methyl sites for hydroxylation is 1. The van der Waals surface area contributed by atoms with E-state index in [1.807, 2.05) is 11.8 Å². The Morgan fingerprint density at radius 3 is 3.06 bits per heavy atom. The quantitative estimate of drug-likeness (QED) is 0.896. The van der Waals surface area contributed by atoms with Gasteiger partial charge in [-0.2, -0.15) is 0 Å². The number of rotatable bonds is 3. The predicted molar refractivity (Wildman–Crippen MR) is 68.5 cm³/mol. The first kappa shape index (κ1) is 13.1. The van der Waals surface area contributed by atoms with Crippen LogP contribution in [0.3, 0.4) is 0 Å². The van der Waals surface area contributed by atoms with E-state index in [2.05, 4.69) is 0 Å². The van der Waals surface area contributed by atoms with E-state index < -0.39 is 0 Å². The lowest BCUT2D eigenvalue weighted by Gasteiger charge is -2.28. The number of carbonyl (C=O) groups is 1. The molecule has 1 aromatic heterocycles. The largest absolute Gasteiger partial charge is 0.469 e. The van der Waals surface area contributed by atoms with Gasteiger partial charge in [-0.15, -0.1) is 0 Å². The number of carbonyl (C=O) groups excluding carboxylic acids is 1. The summed E-state index contributed by atoms with van der Waals surface area (Å²) in [6.45, 7) is 2.75.